The molecule has 1 unspecified atom stereocenters. The van der Waals surface area contributed by atoms with Gasteiger partial charge < -0.3 is 5.32 Å². The Morgan fingerprint density at radius 2 is 1.76 bits per heavy atom. The van der Waals surface area contributed by atoms with Gasteiger partial charge in [-0.1, -0.05) is 58.0 Å². The summed E-state index contributed by atoms with van der Waals surface area (Å²) >= 11 is 0. The van der Waals surface area contributed by atoms with Gasteiger partial charge in [-0.2, -0.15) is 0 Å². The molecule has 1 rings (SSSR count). The monoisotopic (exact) mass is 290 g/mol. The van der Waals surface area contributed by atoms with Gasteiger partial charge in [0.2, 0.25) is 5.91 Å². The Bertz CT molecular complexity index is 424. The van der Waals surface area contributed by atoms with E-state index in [1.165, 1.54) is 5.56 Å². The summed E-state index contributed by atoms with van der Waals surface area (Å²) in [5, 5.41) is 3.12. The Labute approximate surface area is 129 Å². The highest BCUT2D eigenvalue weighted by Gasteiger charge is 2.24. The van der Waals surface area contributed by atoms with E-state index in [2.05, 4.69) is 69.1 Å². The summed E-state index contributed by atoms with van der Waals surface area (Å²) in [6, 6.07) is 10.7. The van der Waals surface area contributed by atoms with E-state index >= 15 is 0 Å². The number of nitrogens with zero attached hydrogens (tertiary/aromatic N) is 1. The van der Waals surface area contributed by atoms with Crippen molar-refractivity contribution in [3.63, 3.8) is 0 Å². The van der Waals surface area contributed by atoms with E-state index in [1.54, 1.807) is 0 Å². The van der Waals surface area contributed by atoms with Gasteiger partial charge in [-0.15, -0.1) is 0 Å². The van der Waals surface area contributed by atoms with E-state index in [9.17, 15) is 4.79 Å². The van der Waals surface area contributed by atoms with Crippen molar-refractivity contribution >= 4 is 5.91 Å². The van der Waals surface area contributed by atoms with Crippen LogP contribution in [0.1, 0.15) is 46.6 Å². The number of rotatable bonds is 8. The first kappa shape index (κ1) is 17.7. The molecule has 3 nitrogen and oxygen atoms in total. The highest BCUT2D eigenvalue weighted by Crippen LogP contribution is 2.28. The van der Waals surface area contributed by atoms with Crippen molar-refractivity contribution in [1.82, 2.24) is 10.2 Å². The van der Waals surface area contributed by atoms with Crippen molar-refractivity contribution in [3.05, 3.63) is 35.9 Å². The van der Waals surface area contributed by atoms with Gasteiger partial charge in [0.05, 0.1) is 6.54 Å². The lowest BCUT2D eigenvalue weighted by Crippen LogP contribution is -2.42. The lowest BCUT2D eigenvalue weighted by atomic mass is 9.79. The molecule has 1 aromatic carbocycles. The van der Waals surface area contributed by atoms with Crippen LogP contribution in [0.4, 0.5) is 0 Å². The molecule has 118 valence electrons. The van der Waals surface area contributed by atoms with Gasteiger partial charge in [-0.05, 0) is 37.4 Å². The van der Waals surface area contributed by atoms with Crippen molar-refractivity contribution in [2.75, 3.05) is 19.6 Å². The molecule has 0 saturated carbocycles. The maximum absolute atomic E-state index is 12.1. The fourth-order valence-electron chi connectivity index (χ4n) is 2.79. The molecule has 21 heavy (non-hydrogen) atoms. The number of amides is 1. The van der Waals surface area contributed by atoms with Crippen LogP contribution in [0.5, 0.6) is 0 Å². The molecular formula is C18H30N2O. The van der Waals surface area contributed by atoms with E-state index < -0.39 is 0 Å². The van der Waals surface area contributed by atoms with Crippen LogP contribution in [0, 0.1) is 0 Å². The standard InChI is InChI=1S/C18H30N2O/c1-6-20(7-2)14-17(21)19-15(3)13-18(4,5)16-11-9-8-10-12-16/h8-12,15H,6-7,13-14H2,1-5H3,(H,19,21). The van der Waals surface area contributed by atoms with Gasteiger partial charge in [0.25, 0.3) is 0 Å². The number of nitrogens with one attached hydrogen (secondary N) is 1. The Hall–Kier alpha value is -1.35. The third kappa shape index (κ3) is 5.88. The van der Waals surface area contributed by atoms with Gasteiger partial charge in [-0.3, -0.25) is 9.69 Å². The molecule has 0 fully saturated rings. The first-order valence-electron chi connectivity index (χ1n) is 7.96. The topological polar surface area (TPSA) is 32.3 Å². The molecule has 1 N–H and O–H groups in total. The van der Waals surface area contributed by atoms with Crippen LogP contribution < -0.4 is 5.32 Å². The van der Waals surface area contributed by atoms with Crippen molar-refractivity contribution in [1.29, 1.82) is 0 Å². The lowest BCUT2D eigenvalue weighted by Gasteiger charge is -2.29. The first-order valence-corrected chi connectivity index (χ1v) is 7.96. The molecule has 0 aliphatic carbocycles. The molecular weight excluding hydrogens is 260 g/mol. The molecule has 0 heterocycles. The second-order valence-electron chi connectivity index (χ2n) is 6.38. The number of carbonyl (C=O) groups excluding carboxylic acids is 1. The number of hydrogen-bond donors (Lipinski definition) is 1. The van der Waals surface area contributed by atoms with Crippen molar-refractivity contribution in [2.24, 2.45) is 0 Å². The van der Waals surface area contributed by atoms with Crippen LogP contribution in [0.2, 0.25) is 0 Å². The minimum Gasteiger partial charge on any atom is -0.353 e. The van der Waals surface area contributed by atoms with Crippen LogP contribution in [-0.4, -0.2) is 36.5 Å². The maximum Gasteiger partial charge on any atom is 0.234 e. The molecule has 0 radical (unpaired) electrons. The molecule has 0 aliphatic heterocycles. The third-order valence-electron chi connectivity index (χ3n) is 4.04. The molecule has 0 saturated heterocycles. The van der Waals surface area contributed by atoms with Crippen LogP contribution in [0.25, 0.3) is 0 Å². The van der Waals surface area contributed by atoms with Gasteiger partial charge in [-0.25, -0.2) is 0 Å². The summed E-state index contributed by atoms with van der Waals surface area (Å²) in [5.41, 5.74) is 1.37. The smallest absolute Gasteiger partial charge is 0.234 e. The Morgan fingerprint density at radius 3 is 2.29 bits per heavy atom. The third-order valence-corrected chi connectivity index (χ3v) is 4.04. The highest BCUT2D eigenvalue weighted by atomic mass is 16.2. The fourth-order valence-corrected chi connectivity index (χ4v) is 2.79. The summed E-state index contributed by atoms with van der Waals surface area (Å²) in [4.78, 5) is 14.2. The average Bonchev–Trinajstić information content (AvgIpc) is 2.45. The van der Waals surface area contributed by atoms with Gasteiger partial charge >= 0.3 is 0 Å². The molecule has 3 heteroatoms. The van der Waals surface area contributed by atoms with E-state index in [4.69, 9.17) is 0 Å². The minimum atomic E-state index is 0.0587. The lowest BCUT2D eigenvalue weighted by molar-refractivity contribution is -0.122. The molecule has 0 aliphatic rings. The van der Waals surface area contributed by atoms with Crippen molar-refractivity contribution in [3.8, 4) is 0 Å². The van der Waals surface area contributed by atoms with Crippen LogP contribution in [-0.2, 0) is 10.2 Å². The second kappa shape index (κ2) is 8.18. The number of hydrogen-bond acceptors (Lipinski definition) is 2. The Balaban J connectivity index is 2.53. The van der Waals surface area contributed by atoms with Crippen molar-refractivity contribution < 1.29 is 4.79 Å². The summed E-state index contributed by atoms with van der Waals surface area (Å²) in [6.45, 7) is 13.0. The predicted octanol–water partition coefficient (Wildman–Crippen LogP) is 3.20. The SMILES string of the molecule is CCN(CC)CC(=O)NC(C)CC(C)(C)c1ccccc1. The van der Waals surface area contributed by atoms with Crippen LogP contribution in [0.3, 0.4) is 0 Å². The summed E-state index contributed by atoms with van der Waals surface area (Å²) in [5.74, 6) is 0.120. The Kier molecular flexibility index (Phi) is 6.90. The van der Waals surface area contributed by atoms with E-state index in [-0.39, 0.29) is 17.4 Å². The molecule has 1 atom stereocenters. The van der Waals surface area contributed by atoms with E-state index in [0.717, 1.165) is 19.5 Å². The number of likely N-dealkylation sites (N-methyl/N-ethyl adjacent to an activating group) is 1. The van der Waals surface area contributed by atoms with E-state index in [1.807, 2.05) is 6.07 Å². The quantitative estimate of drug-likeness (QED) is 0.797. The second-order valence-corrected chi connectivity index (χ2v) is 6.38. The minimum absolute atomic E-state index is 0.0587. The van der Waals surface area contributed by atoms with Gasteiger partial charge in [0.15, 0.2) is 0 Å². The Morgan fingerprint density at radius 1 is 1.19 bits per heavy atom. The van der Waals surface area contributed by atoms with E-state index in [0.29, 0.717) is 6.54 Å². The molecule has 0 aromatic heterocycles. The zero-order valence-electron chi connectivity index (χ0n) is 14.1. The first-order chi connectivity index (χ1) is 9.89. The molecule has 1 amide bonds. The predicted molar refractivity (Wildman–Crippen MR) is 89.5 cm³/mol. The maximum atomic E-state index is 12.1. The zero-order valence-corrected chi connectivity index (χ0v) is 14.1. The largest absolute Gasteiger partial charge is 0.353 e. The fraction of sp³-hybridized carbons (Fsp3) is 0.611. The normalized spacial score (nSPS) is 13.2. The number of carbonyl (C=O) groups is 1. The van der Waals surface area contributed by atoms with Gasteiger partial charge in [0.1, 0.15) is 0 Å². The van der Waals surface area contributed by atoms with Crippen LogP contribution >= 0.6 is 0 Å². The average molecular weight is 290 g/mol. The molecule has 1 aromatic rings. The summed E-state index contributed by atoms with van der Waals surface area (Å²) in [6.07, 6.45) is 0.932. The molecule has 0 spiro atoms. The van der Waals surface area contributed by atoms with Gasteiger partial charge in [0, 0.05) is 6.04 Å². The van der Waals surface area contributed by atoms with Crippen molar-refractivity contribution in [2.45, 2.75) is 52.5 Å². The van der Waals surface area contributed by atoms with Crippen LogP contribution in [0.15, 0.2) is 30.3 Å². The highest BCUT2D eigenvalue weighted by molar-refractivity contribution is 5.78. The molecule has 0 bridgehead atoms. The summed E-state index contributed by atoms with van der Waals surface area (Å²) in [7, 11) is 0. The number of benzene rings is 1. The zero-order chi connectivity index (χ0) is 15.9. The summed E-state index contributed by atoms with van der Waals surface area (Å²) < 4.78 is 0.